The number of H-pyrrole nitrogens is 2. The molecule has 8 heteroatoms. The van der Waals surface area contributed by atoms with Crippen LogP contribution in [0.1, 0.15) is 23.7 Å². The molecular weight excluding hydrogens is 426 g/mol. The average Bonchev–Trinajstić information content (AvgIpc) is 3.50. The SMILES string of the molecule is CCCNC(=O)c1cccc2[nH]c(-c3n[nH]c4ncc(-c5cncc6ccccc56)cc34)nc12. The van der Waals surface area contributed by atoms with Crippen molar-refractivity contribution in [2.75, 3.05) is 6.54 Å². The van der Waals surface area contributed by atoms with Crippen molar-refractivity contribution in [3.63, 3.8) is 0 Å². The summed E-state index contributed by atoms with van der Waals surface area (Å²) in [5, 5.41) is 13.4. The van der Waals surface area contributed by atoms with Crippen LogP contribution in [0.25, 0.3) is 55.5 Å². The van der Waals surface area contributed by atoms with Crippen molar-refractivity contribution in [1.82, 2.24) is 35.5 Å². The van der Waals surface area contributed by atoms with Gasteiger partial charge in [-0.3, -0.25) is 14.9 Å². The van der Waals surface area contributed by atoms with Gasteiger partial charge in [-0.25, -0.2) is 9.97 Å². The van der Waals surface area contributed by atoms with Crippen LogP contribution in [0.5, 0.6) is 0 Å². The van der Waals surface area contributed by atoms with Crippen LogP contribution in [0.15, 0.2) is 67.1 Å². The van der Waals surface area contributed by atoms with E-state index < -0.39 is 0 Å². The predicted molar refractivity (Wildman–Crippen MR) is 132 cm³/mol. The molecule has 0 saturated heterocycles. The maximum Gasteiger partial charge on any atom is 0.253 e. The molecule has 6 rings (SSSR count). The minimum atomic E-state index is -0.134. The number of carbonyl (C=O) groups is 1. The topological polar surface area (TPSA) is 112 Å². The Bertz CT molecular complexity index is 1680. The third-order valence-electron chi connectivity index (χ3n) is 5.91. The van der Waals surface area contributed by atoms with Crippen LogP contribution < -0.4 is 5.32 Å². The molecule has 1 amide bonds. The number of aromatic nitrogens is 6. The van der Waals surface area contributed by atoms with Crippen molar-refractivity contribution in [2.45, 2.75) is 13.3 Å². The molecule has 0 fully saturated rings. The Kier molecular flexibility index (Phi) is 4.76. The van der Waals surface area contributed by atoms with Crippen molar-refractivity contribution in [1.29, 1.82) is 0 Å². The van der Waals surface area contributed by atoms with Crippen LogP contribution >= 0.6 is 0 Å². The second-order valence-electron chi connectivity index (χ2n) is 8.14. The first-order chi connectivity index (χ1) is 16.7. The molecule has 0 unspecified atom stereocenters. The number of nitrogens with zero attached hydrogens (tertiary/aromatic N) is 4. The number of fused-ring (bicyclic) bond motifs is 3. The number of pyridine rings is 2. The highest BCUT2D eigenvalue weighted by atomic mass is 16.1. The summed E-state index contributed by atoms with van der Waals surface area (Å²) in [6.07, 6.45) is 6.40. The van der Waals surface area contributed by atoms with E-state index in [0.29, 0.717) is 34.8 Å². The Hall–Kier alpha value is -4.59. The third kappa shape index (κ3) is 3.27. The zero-order chi connectivity index (χ0) is 23.1. The summed E-state index contributed by atoms with van der Waals surface area (Å²) in [6.45, 7) is 2.64. The fourth-order valence-electron chi connectivity index (χ4n) is 4.24. The number of nitrogens with one attached hydrogen (secondary N) is 3. The fraction of sp³-hybridized carbons (Fsp3) is 0.115. The van der Waals surface area contributed by atoms with Crippen LogP contribution in [0, 0.1) is 0 Å². The number of hydrogen-bond acceptors (Lipinski definition) is 5. The van der Waals surface area contributed by atoms with E-state index in [9.17, 15) is 4.79 Å². The van der Waals surface area contributed by atoms with Crippen molar-refractivity contribution in [3.05, 3.63) is 72.7 Å². The second-order valence-corrected chi connectivity index (χ2v) is 8.14. The van der Waals surface area contributed by atoms with E-state index in [1.54, 1.807) is 6.07 Å². The number of benzene rings is 2. The molecule has 0 radical (unpaired) electrons. The molecule has 0 spiro atoms. The summed E-state index contributed by atoms with van der Waals surface area (Å²) in [4.78, 5) is 29.7. The quantitative estimate of drug-likeness (QED) is 0.349. The normalized spacial score (nSPS) is 11.4. The van der Waals surface area contributed by atoms with Gasteiger partial charge in [0, 0.05) is 41.6 Å². The molecule has 0 bridgehead atoms. The molecule has 0 aliphatic heterocycles. The van der Waals surface area contributed by atoms with E-state index in [1.165, 1.54) is 0 Å². The lowest BCUT2D eigenvalue weighted by atomic mass is 10.0. The molecule has 0 aliphatic rings. The Morgan fingerprint density at radius 1 is 1.03 bits per heavy atom. The molecule has 2 aromatic carbocycles. The molecule has 8 nitrogen and oxygen atoms in total. The van der Waals surface area contributed by atoms with Crippen molar-refractivity contribution >= 4 is 38.7 Å². The lowest BCUT2D eigenvalue weighted by Crippen LogP contribution is -2.24. The van der Waals surface area contributed by atoms with Gasteiger partial charge in [0.1, 0.15) is 11.2 Å². The number of rotatable bonds is 5. The van der Waals surface area contributed by atoms with E-state index in [0.717, 1.165) is 39.2 Å². The van der Waals surface area contributed by atoms with E-state index in [4.69, 9.17) is 4.98 Å². The van der Waals surface area contributed by atoms with Crippen molar-refractivity contribution in [3.8, 4) is 22.6 Å². The first kappa shape index (κ1) is 20.0. The minimum Gasteiger partial charge on any atom is -0.352 e. The summed E-state index contributed by atoms with van der Waals surface area (Å²) in [6, 6.07) is 15.7. The summed E-state index contributed by atoms with van der Waals surface area (Å²) in [7, 11) is 0. The van der Waals surface area contributed by atoms with Crippen LogP contribution in [-0.2, 0) is 0 Å². The number of aromatic amines is 2. The fourth-order valence-corrected chi connectivity index (χ4v) is 4.24. The zero-order valence-electron chi connectivity index (χ0n) is 18.5. The van der Waals surface area contributed by atoms with E-state index in [1.807, 2.05) is 61.9 Å². The lowest BCUT2D eigenvalue weighted by molar-refractivity contribution is 0.0955. The molecule has 6 aromatic rings. The molecule has 166 valence electrons. The molecule has 4 heterocycles. The first-order valence-electron chi connectivity index (χ1n) is 11.2. The van der Waals surface area contributed by atoms with Gasteiger partial charge in [-0.05, 0) is 30.0 Å². The smallest absolute Gasteiger partial charge is 0.253 e. The van der Waals surface area contributed by atoms with Gasteiger partial charge in [0.2, 0.25) is 0 Å². The lowest BCUT2D eigenvalue weighted by Gasteiger charge is -2.06. The summed E-state index contributed by atoms with van der Waals surface area (Å²) >= 11 is 0. The summed E-state index contributed by atoms with van der Waals surface area (Å²) in [5.41, 5.74) is 5.17. The maximum atomic E-state index is 12.6. The minimum absolute atomic E-state index is 0.134. The van der Waals surface area contributed by atoms with Gasteiger partial charge in [-0.15, -0.1) is 0 Å². The Labute approximate surface area is 194 Å². The molecule has 3 N–H and O–H groups in total. The second kappa shape index (κ2) is 8.08. The van der Waals surface area contributed by atoms with Gasteiger partial charge in [-0.1, -0.05) is 37.3 Å². The van der Waals surface area contributed by atoms with E-state index in [2.05, 4.69) is 36.5 Å². The van der Waals surface area contributed by atoms with Gasteiger partial charge in [-0.2, -0.15) is 5.10 Å². The highest BCUT2D eigenvalue weighted by Crippen LogP contribution is 2.32. The average molecular weight is 448 g/mol. The molecule has 0 atom stereocenters. The van der Waals surface area contributed by atoms with Gasteiger partial charge in [0.05, 0.1) is 16.5 Å². The third-order valence-corrected chi connectivity index (χ3v) is 5.91. The van der Waals surface area contributed by atoms with E-state index >= 15 is 0 Å². The Balaban J connectivity index is 1.48. The van der Waals surface area contributed by atoms with Crippen molar-refractivity contribution in [2.24, 2.45) is 0 Å². The molecule has 0 saturated carbocycles. The van der Waals surface area contributed by atoms with Gasteiger partial charge in [0.25, 0.3) is 5.91 Å². The number of amides is 1. The van der Waals surface area contributed by atoms with Crippen molar-refractivity contribution < 1.29 is 4.79 Å². The first-order valence-corrected chi connectivity index (χ1v) is 11.2. The number of imidazole rings is 1. The Morgan fingerprint density at radius 3 is 2.85 bits per heavy atom. The monoisotopic (exact) mass is 447 g/mol. The molecular formula is C26H21N7O. The zero-order valence-corrected chi connectivity index (χ0v) is 18.5. The summed E-state index contributed by atoms with van der Waals surface area (Å²) in [5.74, 6) is 0.441. The van der Waals surface area contributed by atoms with Crippen LogP contribution in [0.3, 0.4) is 0 Å². The van der Waals surface area contributed by atoms with Crippen LogP contribution in [-0.4, -0.2) is 42.6 Å². The number of para-hydroxylation sites is 1. The predicted octanol–water partition coefficient (Wildman–Crippen LogP) is 4.86. The van der Waals surface area contributed by atoms with Gasteiger partial charge < -0.3 is 10.3 Å². The van der Waals surface area contributed by atoms with Crippen LogP contribution in [0.2, 0.25) is 0 Å². The highest BCUT2D eigenvalue weighted by molar-refractivity contribution is 6.06. The number of hydrogen-bond donors (Lipinski definition) is 3. The Morgan fingerprint density at radius 2 is 1.94 bits per heavy atom. The maximum absolute atomic E-state index is 12.6. The van der Waals surface area contributed by atoms with Crippen LogP contribution in [0.4, 0.5) is 0 Å². The molecule has 0 aliphatic carbocycles. The largest absolute Gasteiger partial charge is 0.352 e. The van der Waals surface area contributed by atoms with Gasteiger partial charge >= 0.3 is 0 Å². The standard InChI is InChI=1S/C26H21N7O/c1-2-10-28-26(34)18-8-5-9-21-22(18)31-25(30-21)23-19-11-16(13-29-24(19)33-32-23)20-14-27-12-15-6-3-4-7-17(15)20/h3-9,11-14H,2,10H2,1H3,(H,28,34)(H,30,31)(H,29,32,33). The number of carbonyl (C=O) groups excluding carboxylic acids is 1. The van der Waals surface area contributed by atoms with E-state index in [-0.39, 0.29) is 5.91 Å². The highest BCUT2D eigenvalue weighted by Gasteiger charge is 2.18. The summed E-state index contributed by atoms with van der Waals surface area (Å²) < 4.78 is 0. The molecule has 34 heavy (non-hydrogen) atoms. The van der Waals surface area contributed by atoms with Gasteiger partial charge in [0.15, 0.2) is 11.5 Å². The molecule has 4 aromatic heterocycles.